The molecule has 0 aliphatic carbocycles. The predicted octanol–water partition coefficient (Wildman–Crippen LogP) is 3.05. The SMILES string of the molecule is CCNc1nsnc1-c1cc(F)c(F)c(F)c1. The molecule has 0 unspecified atom stereocenters. The molecule has 0 atom stereocenters. The Bertz CT molecular complexity index is 518. The summed E-state index contributed by atoms with van der Waals surface area (Å²) in [5.41, 5.74) is 0.473. The van der Waals surface area contributed by atoms with Crippen molar-refractivity contribution in [1.82, 2.24) is 8.75 Å². The van der Waals surface area contributed by atoms with Crippen molar-refractivity contribution in [3.8, 4) is 11.3 Å². The number of aromatic nitrogens is 2. The lowest BCUT2D eigenvalue weighted by Gasteiger charge is -2.03. The van der Waals surface area contributed by atoms with Crippen LogP contribution < -0.4 is 5.32 Å². The Morgan fingerprint density at radius 2 is 1.82 bits per heavy atom. The molecule has 1 heterocycles. The summed E-state index contributed by atoms with van der Waals surface area (Å²) in [5, 5.41) is 2.91. The average Bonchev–Trinajstić information content (AvgIpc) is 2.74. The molecule has 17 heavy (non-hydrogen) atoms. The second kappa shape index (κ2) is 4.70. The molecule has 0 saturated heterocycles. The number of nitrogens with zero attached hydrogens (tertiary/aromatic N) is 2. The Balaban J connectivity index is 2.49. The summed E-state index contributed by atoms with van der Waals surface area (Å²) in [6.45, 7) is 2.46. The highest BCUT2D eigenvalue weighted by molar-refractivity contribution is 6.99. The molecule has 0 bridgehead atoms. The van der Waals surface area contributed by atoms with Crippen molar-refractivity contribution in [1.29, 1.82) is 0 Å². The average molecular weight is 259 g/mol. The van der Waals surface area contributed by atoms with Crippen molar-refractivity contribution < 1.29 is 13.2 Å². The van der Waals surface area contributed by atoms with Gasteiger partial charge in [0.15, 0.2) is 23.3 Å². The Hall–Kier alpha value is -1.63. The maximum atomic E-state index is 13.1. The van der Waals surface area contributed by atoms with Gasteiger partial charge in [-0.15, -0.1) is 0 Å². The lowest BCUT2D eigenvalue weighted by molar-refractivity contribution is 0.447. The molecule has 90 valence electrons. The summed E-state index contributed by atoms with van der Waals surface area (Å²) in [5.74, 6) is -3.53. The van der Waals surface area contributed by atoms with Crippen LogP contribution in [0, 0.1) is 17.5 Å². The van der Waals surface area contributed by atoms with Crippen LogP contribution in [-0.4, -0.2) is 15.3 Å². The van der Waals surface area contributed by atoms with Gasteiger partial charge in [0.2, 0.25) is 0 Å². The van der Waals surface area contributed by atoms with Crippen LogP contribution in [0.4, 0.5) is 19.0 Å². The minimum atomic E-state index is -1.48. The highest BCUT2D eigenvalue weighted by Crippen LogP contribution is 2.28. The van der Waals surface area contributed by atoms with E-state index in [1.807, 2.05) is 6.92 Å². The first-order valence-electron chi connectivity index (χ1n) is 4.84. The van der Waals surface area contributed by atoms with E-state index in [1.54, 1.807) is 0 Å². The fourth-order valence-corrected chi connectivity index (χ4v) is 1.90. The number of hydrogen-bond acceptors (Lipinski definition) is 4. The van der Waals surface area contributed by atoms with Gasteiger partial charge in [0.05, 0.1) is 11.7 Å². The Morgan fingerprint density at radius 3 is 2.41 bits per heavy atom. The van der Waals surface area contributed by atoms with Gasteiger partial charge in [-0.1, -0.05) is 0 Å². The van der Waals surface area contributed by atoms with Crippen LogP contribution in [-0.2, 0) is 0 Å². The van der Waals surface area contributed by atoms with Crippen molar-refractivity contribution in [2.75, 3.05) is 11.9 Å². The third-order valence-corrected chi connectivity index (χ3v) is 2.62. The second-order valence-corrected chi connectivity index (χ2v) is 3.77. The van der Waals surface area contributed by atoms with Crippen molar-refractivity contribution in [2.24, 2.45) is 0 Å². The van der Waals surface area contributed by atoms with Gasteiger partial charge in [-0.3, -0.25) is 0 Å². The van der Waals surface area contributed by atoms with E-state index < -0.39 is 17.5 Å². The quantitative estimate of drug-likeness (QED) is 0.861. The smallest absolute Gasteiger partial charge is 0.194 e. The molecule has 0 radical (unpaired) electrons. The summed E-state index contributed by atoms with van der Waals surface area (Å²) >= 11 is 0.916. The first-order valence-corrected chi connectivity index (χ1v) is 5.57. The number of nitrogens with one attached hydrogen (secondary N) is 1. The minimum absolute atomic E-state index is 0.158. The maximum absolute atomic E-state index is 13.1. The molecule has 3 nitrogen and oxygen atoms in total. The van der Waals surface area contributed by atoms with Crippen LogP contribution in [0.5, 0.6) is 0 Å². The van der Waals surface area contributed by atoms with Gasteiger partial charge in [0, 0.05) is 12.1 Å². The van der Waals surface area contributed by atoms with E-state index in [4.69, 9.17) is 0 Å². The van der Waals surface area contributed by atoms with Crippen LogP contribution in [0.2, 0.25) is 0 Å². The second-order valence-electron chi connectivity index (χ2n) is 3.25. The van der Waals surface area contributed by atoms with Crippen molar-refractivity contribution in [3.05, 3.63) is 29.6 Å². The fourth-order valence-electron chi connectivity index (χ4n) is 1.35. The largest absolute Gasteiger partial charge is 0.368 e. The topological polar surface area (TPSA) is 37.8 Å². The first kappa shape index (κ1) is 11.8. The third-order valence-electron chi connectivity index (χ3n) is 2.09. The van der Waals surface area contributed by atoms with Gasteiger partial charge in [-0.05, 0) is 19.1 Å². The molecule has 2 aromatic rings. The van der Waals surface area contributed by atoms with Crippen molar-refractivity contribution >= 4 is 17.5 Å². The van der Waals surface area contributed by atoms with Gasteiger partial charge < -0.3 is 5.32 Å². The number of halogens is 3. The predicted molar refractivity (Wildman–Crippen MR) is 59.4 cm³/mol. The summed E-state index contributed by atoms with van der Waals surface area (Å²) < 4.78 is 46.8. The monoisotopic (exact) mass is 259 g/mol. The molecular formula is C10H8F3N3S. The summed E-state index contributed by atoms with van der Waals surface area (Å²) in [7, 11) is 0. The van der Waals surface area contributed by atoms with E-state index in [0.29, 0.717) is 18.1 Å². The van der Waals surface area contributed by atoms with E-state index in [9.17, 15) is 13.2 Å². The van der Waals surface area contributed by atoms with E-state index in [1.165, 1.54) is 0 Å². The van der Waals surface area contributed by atoms with Crippen LogP contribution in [0.25, 0.3) is 11.3 Å². The molecule has 0 spiro atoms. The highest BCUT2D eigenvalue weighted by Gasteiger charge is 2.16. The first-order chi connectivity index (χ1) is 8.13. The van der Waals surface area contributed by atoms with E-state index in [2.05, 4.69) is 14.1 Å². The lowest BCUT2D eigenvalue weighted by atomic mass is 10.1. The molecule has 2 rings (SSSR count). The Morgan fingerprint density at radius 1 is 1.18 bits per heavy atom. The van der Waals surface area contributed by atoms with E-state index in [0.717, 1.165) is 23.9 Å². The fraction of sp³-hybridized carbons (Fsp3) is 0.200. The van der Waals surface area contributed by atoms with Crippen LogP contribution in [0.3, 0.4) is 0 Å². The van der Waals surface area contributed by atoms with Crippen LogP contribution >= 0.6 is 11.7 Å². The standard InChI is InChI=1S/C10H8F3N3S/c1-2-14-10-9(15-17-16-10)5-3-6(11)8(13)7(12)4-5/h3-4H,2H2,1H3,(H,14,16). The van der Waals surface area contributed by atoms with Gasteiger partial charge in [0.1, 0.15) is 5.69 Å². The van der Waals surface area contributed by atoms with Gasteiger partial charge in [-0.25, -0.2) is 13.2 Å². The molecule has 1 aromatic carbocycles. The molecule has 0 fully saturated rings. The zero-order valence-corrected chi connectivity index (χ0v) is 9.61. The lowest BCUT2D eigenvalue weighted by Crippen LogP contribution is -1.99. The molecule has 0 saturated carbocycles. The number of hydrogen-bond donors (Lipinski definition) is 1. The van der Waals surface area contributed by atoms with Gasteiger partial charge >= 0.3 is 0 Å². The zero-order valence-electron chi connectivity index (χ0n) is 8.80. The van der Waals surface area contributed by atoms with E-state index in [-0.39, 0.29) is 5.56 Å². The van der Waals surface area contributed by atoms with E-state index >= 15 is 0 Å². The maximum Gasteiger partial charge on any atom is 0.194 e. The third kappa shape index (κ3) is 2.23. The molecule has 0 aliphatic heterocycles. The molecule has 0 aliphatic rings. The number of rotatable bonds is 3. The summed E-state index contributed by atoms with van der Waals surface area (Å²) in [6, 6.07) is 1.80. The minimum Gasteiger partial charge on any atom is -0.368 e. The number of anilines is 1. The van der Waals surface area contributed by atoms with Crippen molar-refractivity contribution in [3.63, 3.8) is 0 Å². The zero-order chi connectivity index (χ0) is 12.4. The molecule has 0 amide bonds. The van der Waals surface area contributed by atoms with Gasteiger partial charge in [-0.2, -0.15) is 8.75 Å². The number of benzene rings is 1. The Labute approximate surface area is 99.6 Å². The molecule has 7 heteroatoms. The highest BCUT2D eigenvalue weighted by atomic mass is 32.1. The summed E-state index contributed by atoms with van der Waals surface area (Å²) in [4.78, 5) is 0. The molecular weight excluding hydrogens is 251 g/mol. The van der Waals surface area contributed by atoms with Crippen molar-refractivity contribution in [2.45, 2.75) is 6.92 Å². The summed E-state index contributed by atoms with van der Waals surface area (Å²) in [6.07, 6.45) is 0. The Kier molecular flexibility index (Phi) is 3.28. The van der Waals surface area contributed by atoms with Crippen LogP contribution in [0.1, 0.15) is 6.92 Å². The normalized spacial score (nSPS) is 10.6. The van der Waals surface area contributed by atoms with Crippen LogP contribution in [0.15, 0.2) is 12.1 Å². The molecule has 1 N–H and O–H groups in total. The molecule has 1 aromatic heterocycles. The van der Waals surface area contributed by atoms with Gasteiger partial charge in [0.25, 0.3) is 0 Å².